The molecule has 0 radical (unpaired) electrons. The van der Waals surface area contributed by atoms with Crippen LogP contribution in [0.5, 0.6) is 0 Å². The monoisotopic (exact) mass is 428 g/mol. The number of likely N-dealkylation sites (tertiary alicyclic amines) is 1. The Morgan fingerprint density at radius 1 is 1.10 bits per heavy atom. The van der Waals surface area contributed by atoms with E-state index in [1.807, 2.05) is 18.2 Å². The van der Waals surface area contributed by atoms with Gasteiger partial charge in [-0.15, -0.1) is 5.53 Å². The Balaban J connectivity index is 1.28. The van der Waals surface area contributed by atoms with Gasteiger partial charge in [-0.3, -0.25) is 5.41 Å². The lowest BCUT2D eigenvalue weighted by atomic mass is 10.1. The number of benzene rings is 1. The molecular formula is C20H32N10O. The molecule has 1 aromatic carbocycles. The number of ether oxygens (including phenoxy) is 1. The molecular weight excluding hydrogens is 396 g/mol. The minimum absolute atomic E-state index is 0.161. The Labute approximate surface area is 182 Å². The van der Waals surface area contributed by atoms with Crippen LogP contribution in [0.3, 0.4) is 0 Å². The third-order valence-electron chi connectivity index (χ3n) is 5.56. The molecule has 1 aromatic rings. The smallest absolute Gasteiger partial charge is 0.215 e. The number of nitrogens with one attached hydrogen (secondary N) is 5. The van der Waals surface area contributed by atoms with Crippen LogP contribution in [0.1, 0.15) is 19.3 Å². The fourth-order valence-electron chi connectivity index (χ4n) is 3.87. The maximum atomic E-state index is 7.93. The average molecular weight is 429 g/mol. The Bertz CT molecular complexity index is 784. The molecule has 3 aliphatic rings. The third-order valence-corrected chi connectivity index (χ3v) is 5.56. The second kappa shape index (κ2) is 10.3. The van der Waals surface area contributed by atoms with E-state index in [4.69, 9.17) is 15.9 Å². The first-order valence-electron chi connectivity index (χ1n) is 10.8. The standard InChI is InChI=1S/C20H32N10O/c21-19(22)30(20-23-9-8-18(24-20)29-10-2-1-3-11-29)27-26-25-16-4-6-17(7-5-16)28-12-14-31-15-13-28/h4-9,20,24-27H,1-3,10-15H2,(H3,21,22). The molecule has 3 heterocycles. The van der Waals surface area contributed by atoms with E-state index in [1.54, 1.807) is 6.21 Å². The first-order chi connectivity index (χ1) is 15.2. The van der Waals surface area contributed by atoms with Crippen molar-refractivity contribution in [2.24, 2.45) is 10.7 Å². The summed E-state index contributed by atoms with van der Waals surface area (Å²) in [4.78, 5) is 9.01. The van der Waals surface area contributed by atoms with Crippen molar-refractivity contribution in [1.29, 1.82) is 5.41 Å². The van der Waals surface area contributed by atoms with E-state index in [0.717, 1.165) is 50.9 Å². The van der Waals surface area contributed by atoms with Gasteiger partial charge in [0.25, 0.3) is 0 Å². The van der Waals surface area contributed by atoms with Gasteiger partial charge in [0, 0.05) is 38.1 Å². The summed E-state index contributed by atoms with van der Waals surface area (Å²) in [5, 5.41) is 12.7. The van der Waals surface area contributed by atoms with Crippen molar-refractivity contribution < 1.29 is 4.74 Å². The van der Waals surface area contributed by atoms with Crippen LogP contribution in [0, 0.1) is 5.41 Å². The van der Waals surface area contributed by atoms with E-state index >= 15 is 0 Å². The number of rotatable bonds is 7. The van der Waals surface area contributed by atoms with Crippen molar-refractivity contribution in [3.63, 3.8) is 0 Å². The highest BCUT2D eigenvalue weighted by molar-refractivity contribution is 5.76. The van der Waals surface area contributed by atoms with Gasteiger partial charge >= 0.3 is 0 Å². The number of piperidine rings is 1. The summed E-state index contributed by atoms with van der Waals surface area (Å²) in [6, 6.07) is 8.12. The number of hydrogen-bond acceptors (Lipinski definition) is 9. The van der Waals surface area contributed by atoms with Gasteiger partial charge in [0.15, 0.2) is 0 Å². The van der Waals surface area contributed by atoms with Gasteiger partial charge in [0.1, 0.15) is 5.82 Å². The summed E-state index contributed by atoms with van der Waals surface area (Å²) in [5.41, 5.74) is 16.7. The number of nitrogens with zero attached hydrogens (tertiary/aromatic N) is 4. The number of aliphatic imine (C=N–C) groups is 1. The van der Waals surface area contributed by atoms with E-state index in [2.05, 4.69) is 48.7 Å². The minimum atomic E-state index is -0.530. The summed E-state index contributed by atoms with van der Waals surface area (Å²) >= 11 is 0. The highest BCUT2D eigenvalue weighted by atomic mass is 16.5. The molecule has 0 amide bonds. The van der Waals surface area contributed by atoms with Gasteiger partial charge in [-0.25, -0.2) is 10.0 Å². The zero-order valence-corrected chi connectivity index (χ0v) is 17.7. The lowest BCUT2D eigenvalue weighted by Crippen LogP contribution is -2.62. The topological polar surface area (TPSA) is 129 Å². The van der Waals surface area contributed by atoms with Crippen molar-refractivity contribution in [2.45, 2.75) is 25.6 Å². The molecule has 31 heavy (non-hydrogen) atoms. The number of allylic oxidation sites excluding steroid dienone is 1. The van der Waals surface area contributed by atoms with Crippen LogP contribution in [0.15, 0.2) is 41.2 Å². The summed E-state index contributed by atoms with van der Waals surface area (Å²) in [6.45, 7) is 5.38. The van der Waals surface area contributed by atoms with Crippen LogP contribution >= 0.6 is 0 Å². The van der Waals surface area contributed by atoms with Crippen molar-refractivity contribution in [3.8, 4) is 0 Å². The first kappa shape index (κ1) is 21.2. The average Bonchev–Trinajstić information content (AvgIpc) is 2.83. The molecule has 0 aromatic heterocycles. The Morgan fingerprint density at radius 2 is 1.84 bits per heavy atom. The summed E-state index contributed by atoms with van der Waals surface area (Å²) < 4.78 is 5.41. The van der Waals surface area contributed by atoms with E-state index in [0.29, 0.717) is 0 Å². The van der Waals surface area contributed by atoms with E-state index in [1.165, 1.54) is 30.0 Å². The molecule has 1 unspecified atom stereocenters. The zero-order chi connectivity index (χ0) is 21.5. The molecule has 0 saturated carbocycles. The molecule has 1 atom stereocenters. The molecule has 11 heteroatoms. The lowest BCUT2D eigenvalue weighted by molar-refractivity contribution is 0.122. The van der Waals surface area contributed by atoms with E-state index < -0.39 is 6.29 Å². The molecule has 0 spiro atoms. The fourth-order valence-corrected chi connectivity index (χ4v) is 3.87. The maximum Gasteiger partial charge on any atom is 0.215 e. The highest BCUT2D eigenvalue weighted by Crippen LogP contribution is 2.18. The molecule has 2 saturated heterocycles. The molecule has 3 aliphatic heterocycles. The van der Waals surface area contributed by atoms with Crippen LogP contribution in [0.2, 0.25) is 0 Å². The van der Waals surface area contributed by atoms with Crippen LogP contribution < -0.4 is 32.4 Å². The number of hydrogen-bond donors (Lipinski definition) is 6. The molecule has 0 aliphatic carbocycles. The summed E-state index contributed by atoms with van der Waals surface area (Å²) in [6.07, 6.45) is 6.82. The van der Waals surface area contributed by atoms with Gasteiger partial charge in [0.05, 0.1) is 18.9 Å². The van der Waals surface area contributed by atoms with Crippen molar-refractivity contribution in [1.82, 2.24) is 26.3 Å². The number of nitrogens with two attached hydrogens (primary N) is 1. The SMILES string of the molecule is N=C(N)N(NNNc1ccc(N2CCOCC2)cc1)C1N=CC=C(N2CCCCC2)N1. The van der Waals surface area contributed by atoms with Crippen molar-refractivity contribution in [3.05, 3.63) is 36.2 Å². The Hall–Kier alpha value is -3.02. The van der Waals surface area contributed by atoms with E-state index in [-0.39, 0.29) is 5.96 Å². The molecule has 168 valence electrons. The van der Waals surface area contributed by atoms with Crippen LogP contribution in [0.25, 0.3) is 0 Å². The predicted octanol–water partition coefficient (Wildman–Crippen LogP) is 0.340. The molecule has 11 nitrogen and oxygen atoms in total. The number of guanidine groups is 1. The quantitative estimate of drug-likeness (QED) is 0.207. The molecule has 4 rings (SSSR count). The Morgan fingerprint density at radius 3 is 2.55 bits per heavy atom. The van der Waals surface area contributed by atoms with E-state index in [9.17, 15) is 0 Å². The number of anilines is 2. The Kier molecular flexibility index (Phi) is 7.07. The second-order valence-corrected chi connectivity index (χ2v) is 7.68. The summed E-state index contributed by atoms with van der Waals surface area (Å²) in [5.74, 6) is 0.839. The van der Waals surface area contributed by atoms with Gasteiger partial charge in [-0.1, -0.05) is 0 Å². The van der Waals surface area contributed by atoms with Gasteiger partial charge in [-0.05, 0) is 49.6 Å². The van der Waals surface area contributed by atoms with Crippen LogP contribution in [0.4, 0.5) is 11.4 Å². The number of hydrazine groups is 3. The van der Waals surface area contributed by atoms with Gasteiger partial charge < -0.3 is 31.0 Å². The van der Waals surface area contributed by atoms with Crippen molar-refractivity contribution >= 4 is 23.5 Å². The fraction of sp³-hybridized carbons (Fsp3) is 0.500. The second-order valence-electron chi connectivity index (χ2n) is 7.68. The number of morpholine rings is 1. The molecule has 2 fully saturated rings. The normalized spacial score (nSPS) is 21.3. The van der Waals surface area contributed by atoms with Gasteiger partial charge in [-0.2, -0.15) is 5.53 Å². The lowest BCUT2D eigenvalue weighted by Gasteiger charge is -2.37. The zero-order valence-electron chi connectivity index (χ0n) is 17.7. The minimum Gasteiger partial charge on any atom is -0.378 e. The first-order valence-corrected chi connectivity index (χ1v) is 10.8. The van der Waals surface area contributed by atoms with Gasteiger partial charge in [0.2, 0.25) is 12.2 Å². The maximum absolute atomic E-state index is 7.93. The largest absolute Gasteiger partial charge is 0.378 e. The predicted molar refractivity (Wildman–Crippen MR) is 122 cm³/mol. The van der Waals surface area contributed by atoms with Crippen LogP contribution in [-0.2, 0) is 4.74 Å². The van der Waals surface area contributed by atoms with Crippen LogP contribution in [-0.4, -0.2) is 67.8 Å². The molecule has 0 bridgehead atoms. The van der Waals surface area contributed by atoms with Crippen molar-refractivity contribution in [2.75, 3.05) is 49.7 Å². The highest BCUT2D eigenvalue weighted by Gasteiger charge is 2.24. The third kappa shape index (κ3) is 5.57. The molecule has 7 N–H and O–H groups in total. The summed E-state index contributed by atoms with van der Waals surface area (Å²) in [7, 11) is 0.